The Morgan fingerprint density at radius 2 is 1.81 bits per heavy atom. The van der Waals surface area contributed by atoms with Crippen LogP contribution in [0.3, 0.4) is 0 Å². The van der Waals surface area contributed by atoms with Gasteiger partial charge in [0, 0.05) is 23.8 Å². The number of rotatable bonds is 5. The average Bonchev–Trinajstić information content (AvgIpc) is 2.45. The van der Waals surface area contributed by atoms with Gasteiger partial charge in [-0.15, -0.1) is 0 Å². The molecule has 1 saturated carbocycles. The Labute approximate surface area is 130 Å². The van der Waals surface area contributed by atoms with E-state index in [1.54, 1.807) is 0 Å². The van der Waals surface area contributed by atoms with Gasteiger partial charge in [0.2, 0.25) is 0 Å². The molecule has 2 rings (SSSR count). The number of ether oxygens (including phenoxy) is 1. The smallest absolute Gasteiger partial charge is 0.0667 e. The van der Waals surface area contributed by atoms with Gasteiger partial charge in [-0.2, -0.15) is 0 Å². The summed E-state index contributed by atoms with van der Waals surface area (Å²) in [4.78, 5) is 0. The van der Waals surface area contributed by atoms with E-state index in [4.69, 9.17) is 4.74 Å². The molecule has 2 nitrogen and oxygen atoms in total. The summed E-state index contributed by atoms with van der Waals surface area (Å²) in [7, 11) is 0. The van der Waals surface area contributed by atoms with Crippen molar-refractivity contribution in [3.8, 4) is 0 Å². The second-order valence-electron chi connectivity index (χ2n) is 7.56. The van der Waals surface area contributed by atoms with Crippen LogP contribution < -0.4 is 5.32 Å². The largest absolute Gasteiger partial charge is 0.382 e. The number of anilines is 1. The van der Waals surface area contributed by atoms with Crippen LogP contribution in [0.1, 0.15) is 59.9 Å². The summed E-state index contributed by atoms with van der Waals surface area (Å²) < 4.78 is 5.88. The summed E-state index contributed by atoms with van der Waals surface area (Å²) in [5.41, 5.74) is 3.07. The van der Waals surface area contributed by atoms with Crippen LogP contribution in [0, 0.1) is 5.41 Å². The lowest BCUT2D eigenvalue weighted by atomic mass is 9.61. The van der Waals surface area contributed by atoms with Gasteiger partial charge >= 0.3 is 0 Å². The highest BCUT2D eigenvalue weighted by atomic mass is 16.5. The van der Waals surface area contributed by atoms with Crippen molar-refractivity contribution >= 4 is 5.69 Å². The molecule has 1 aromatic rings. The van der Waals surface area contributed by atoms with Crippen LogP contribution in [0.4, 0.5) is 5.69 Å². The van der Waals surface area contributed by atoms with Gasteiger partial charge in [-0.3, -0.25) is 0 Å². The highest BCUT2D eigenvalue weighted by Gasteiger charge is 2.51. The third kappa shape index (κ3) is 3.26. The van der Waals surface area contributed by atoms with Crippen LogP contribution in [0.25, 0.3) is 0 Å². The molecule has 1 fully saturated rings. The molecule has 0 aliphatic heterocycles. The molecule has 118 valence electrons. The lowest BCUT2D eigenvalue weighted by Crippen LogP contribution is -2.59. The molecule has 2 heteroatoms. The van der Waals surface area contributed by atoms with E-state index in [0.29, 0.717) is 12.1 Å². The van der Waals surface area contributed by atoms with Crippen LogP contribution in [0.2, 0.25) is 0 Å². The minimum atomic E-state index is 0.215. The third-order valence-electron chi connectivity index (χ3n) is 5.20. The first-order chi connectivity index (χ1) is 9.81. The standard InChI is InChI=1S/C19H31NO/c1-7-19(6)16(13-17(19)21-8-2)20-15-11-9-14(10-12-15)18(3,4)5/h9-12,16-17,20H,7-8,13H2,1-6H3. The molecule has 0 spiro atoms. The lowest BCUT2D eigenvalue weighted by Gasteiger charge is -2.54. The van der Waals surface area contributed by atoms with Crippen molar-refractivity contribution in [2.75, 3.05) is 11.9 Å². The molecule has 0 bridgehead atoms. The Kier molecular flexibility index (Phi) is 4.67. The Balaban J connectivity index is 2.03. The van der Waals surface area contributed by atoms with E-state index in [1.165, 1.54) is 11.3 Å². The zero-order valence-corrected chi connectivity index (χ0v) is 14.5. The van der Waals surface area contributed by atoms with Gasteiger partial charge in [0.25, 0.3) is 0 Å². The van der Waals surface area contributed by atoms with E-state index in [1.807, 2.05) is 0 Å². The van der Waals surface area contributed by atoms with E-state index in [2.05, 4.69) is 71.1 Å². The highest BCUT2D eigenvalue weighted by molar-refractivity contribution is 5.47. The van der Waals surface area contributed by atoms with Crippen molar-refractivity contribution in [3.63, 3.8) is 0 Å². The predicted octanol–water partition coefficient (Wildman–Crippen LogP) is 4.99. The molecule has 21 heavy (non-hydrogen) atoms. The van der Waals surface area contributed by atoms with E-state index < -0.39 is 0 Å². The third-order valence-corrected chi connectivity index (χ3v) is 5.20. The molecular weight excluding hydrogens is 258 g/mol. The predicted molar refractivity (Wildman–Crippen MR) is 91.0 cm³/mol. The van der Waals surface area contributed by atoms with Crippen LogP contribution >= 0.6 is 0 Å². The Morgan fingerprint density at radius 3 is 2.29 bits per heavy atom. The number of hydrogen-bond acceptors (Lipinski definition) is 2. The molecule has 0 aromatic heterocycles. The molecule has 3 unspecified atom stereocenters. The summed E-state index contributed by atoms with van der Waals surface area (Å²) in [6.07, 6.45) is 2.66. The van der Waals surface area contributed by atoms with Crippen LogP contribution in [0.5, 0.6) is 0 Å². The fourth-order valence-corrected chi connectivity index (χ4v) is 3.24. The van der Waals surface area contributed by atoms with Gasteiger partial charge < -0.3 is 10.1 Å². The van der Waals surface area contributed by atoms with Gasteiger partial charge in [-0.1, -0.05) is 46.8 Å². The monoisotopic (exact) mass is 289 g/mol. The zero-order chi connectivity index (χ0) is 15.7. The maximum absolute atomic E-state index is 5.88. The van der Waals surface area contributed by atoms with Crippen LogP contribution in [-0.4, -0.2) is 18.8 Å². The quantitative estimate of drug-likeness (QED) is 0.824. The molecule has 0 heterocycles. The molecule has 0 saturated heterocycles. The molecule has 3 atom stereocenters. The summed E-state index contributed by atoms with van der Waals surface area (Å²) in [6, 6.07) is 9.42. The first-order valence-corrected chi connectivity index (χ1v) is 8.30. The van der Waals surface area contributed by atoms with E-state index in [-0.39, 0.29) is 10.8 Å². The van der Waals surface area contributed by atoms with Gasteiger partial charge in [0.1, 0.15) is 0 Å². The van der Waals surface area contributed by atoms with E-state index >= 15 is 0 Å². The van der Waals surface area contributed by atoms with Gasteiger partial charge in [-0.25, -0.2) is 0 Å². The van der Waals surface area contributed by atoms with Crippen molar-refractivity contribution < 1.29 is 4.74 Å². The highest BCUT2D eigenvalue weighted by Crippen LogP contribution is 2.47. The Morgan fingerprint density at radius 1 is 1.19 bits per heavy atom. The molecular formula is C19H31NO. The molecule has 1 N–H and O–H groups in total. The first kappa shape index (κ1) is 16.4. The summed E-state index contributed by atoms with van der Waals surface area (Å²) in [6.45, 7) is 14.3. The second kappa shape index (κ2) is 6.00. The fourth-order valence-electron chi connectivity index (χ4n) is 3.24. The topological polar surface area (TPSA) is 21.3 Å². The number of nitrogens with one attached hydrogen (secondary N) is 1. The summed E-state index contributed by atoms with van der Waals surface area (Å²) in [5.74, 6) is 0. The van der Waals surface area contributed by atoms with E-state index in [0.717, 1.165) is 19.4 Å². The maximum atomic E-state index is 5.88. The van der Waals surface area contributed by atoms with Crippen molar-refractivity contribution in [2.45, 2.75) is 71.9 Å². The van der Waals surface area contributed by atoms with Crippen LogP contribution in [-0.2, 0) is 10.2 Å². The maximum Gasteiger partial charge on any atom is 0.0667 e. The molecule has 0 amide bonds. The van der Waals surface area contributed by atoms with Gasteiger partial charge in [0.05, 0.1) is 6.10 Å². The minimum Gasteiger partial charge on any atom is -0.382 e. The SMILES string of the molecule is CCOC1CC(Nc2ccc(C(C)(C)C)cc2)C1(C)CC. The van der Waals surface area contributed by atoms with Gasteiger partial charge in [-0.05, 0) is 42.9 Å². The Hall–Kier alpha value is -1.02. The summed E-state index contributed by atoms with van der Waals surface area (Å²) >= 11 is 0. The molecule has 0 radical (unpaired) electrons. The van der Waals surface area contributed by atoms with Crippen molar-refractivity contribution in [1.82, 2.24) is 0 Å². The van der Waals surface area contributed by atoms with Gasteiger partial charge in [0.15, 0.2) is 0 Å². The van der Waals surface area contributed by atoms with E-state index in [9.17, 15) is 0 Å². The molecule has 1 aliphatic rings. The van der Waals surface area contributed by atoms with Crippen LogP contribution in [0.15, 0.2) is 24.3 Å². The van der Waals surface area contributed by atoms with Crippen molar-refractivity contribution in [1.29, 1.82) is 0 Å². The minimum absolute atomic E-state index is 0.215. The Bertz CT molecular complexity index is 459. The lowest BCUT2D eigenvalue weighted by molar-refractivity contribution is -0.109. The zero-order valence-electron chi connectivity index (χ0n) is 14.5. The molecule has 1 aliphatic carbocycles. The summed E-state index contributed by atoms with van der Waals surface area (Å²) in [5, 5.41) is 3.71. The van der Waals surface area contributed by atoms with Crippen molar-refractivity contribution in [3.05, 3.63) is 29.8 Å². The average molecular weight is 289 g/mol. The first-order valence-electron chi connectivity index (χ1n) is 8.30. The molecule has 1 aromatic carbocycles. The fraction of sp³-hybridized carbons (Fsp3) is 0.684. The normalized spacial score (nSPS) is 29.0. The number of hydrogen-bond donors (Lipinski definition) is 1. The number of benzene rings is 1. The van der Waals surface area contributed by atoms with Crippen molar-refractivity contribution in [2.24, 2.45) is 5.41 Å². The second-order valence-corrected chi connectivity index (χ2v) is 7.56.